The van der Waals surface area contributed by atoms with E-state index in [1.807, 2.05) is 0 Å². The second kappa shape index (κ2) is 11.0. The Morgan fingerprint density at radius 1 is 1.17 bits per heavy atom. The summed E-state index contributed by atoms with van der Waals surface area (Å²) >= 11 is 0. The van der Waals surface area contributed by atoms with Crippen molar-refractivity contribution in [2.24, 2.45) is 16.8 Å². The fourth-order valence-corrected chi connectivity index (χ4v) is 4.53. The fraction of sp³-hybridized carbons (Fsp3) is 0.739. The van der Waals surface area contributed by atoms with Crippen LogP contribution in [0.15, 0.2) is 17.0 Å². The highest BCUT2D eigenvalue weighted by atomic mass is 28.4. The van der Waals surface area contributed by atoms with Crippen LogP contribution in [0.1, 0.15) is 60.8 Å². The van der Waals surface area contributed by atoms with Crippen LogP contribution in [0.4, 0.5) is 4.79 Å². The van der Waals surface area contributed by atoms with Crippen molar-refractivity contribution in [3.05, 3.63) is 11.8 Å². The number of carboxylic acids is 2. The molecule has 0 saturated heterocycles. The molecule has 200 valence electrons. The first kappa shape index (κ1) is 30.4. The van der Waals surface area contributed by atoms with E-state index in [2.05, 4.69) is 39.0 Å². The maximum absolute atomic E-state index is 12.9. The Balaban J connectivity index is 3.27. The standard InChI is InChI=1S/C23H41N3O8Si/c1-21(2,3)33-20(31)26(7)23(19(24)25-34-16(18(29)30)12-17(27)28)11-10-15(13-23)14-32-35(8,9)22(4,5)6/h12,15H,10-11,13-14H2,1-9H3,(H2,24,25)(H,27,28)(H,29,30)/t15-,23+/m1/s1. The Morgan fingerprint density at radius 2 is 1.74 bits per heavy atom. The highest BCUT2D eigenvalue weighted by molar-refractivity contribution is 6.74. The van der Waals surface area contributed by atoms with E-state index in [0.29, 0.717) is 31.9 Å². The minimum Gasteiger partial charge on any atom is -0.478 e. The highest BCUT2D eigenvalue weighted by Crippen LogP contribution is 2.42. The second-order valence-corrected chi connectivity index (χ2v) is 16.3. The summed E-state index contributed by atoms with van der Waals surface area (Å²) in [6, 6.07) is 0. The van der Waals surface area contributed by atoms with E-state index in [-0.39, 0.29) is 16.8 Å². The van der Waals surface area contributed by atoms with Crippen molar-refractivity contribution in [2.75, 3.05) is 13.7 Å². The predicted octanol–water partition coefficient (Wildman–Crippen LogP) is 3.76. The van der Waals surface area contributed by atoms with Crippen LogP contribution in [-0.2, 0) is 23.6 Å². The number of hydrogen-bond donors (Lipinski definition) is 3. The lowest BCUT2D eigenvalue weighted by molar-refractivity contribution is -0.138. The van der Waals surface area contributed by atoms with E-state index in [9.17, 15) is 19.5 Å². The molecular weight excluding hydrogens is 474 g/mol. The molecule has 0 radical (unpaired) electrons. The Morgan fingerprint density at radius 3 is 2.20 bits per heavy atom. The molecule has 2 atom stereocenters. The summed E-state index contributed by atoms with van der Waals surface area (Å²) in [7, 11) is -0.465. The topological polar surface area (TPSA) is 161 Å². The smallest absolute Gasteiger partial charge is 0.410 e. The summed E-state index contributed by atoms with van der Waals surface area (Å²) in [6.07, 6.45) is 1.22. The third kappa shape index (κ3) is 8.24. The number of rotatable bonds is 9. The van der Waals surface area contributed by atoms with Crippen molar-refractivity contribution in [1.82, 2.24) is 4.90 Å². The van der Waals surface area contributed by atoms with Gasteiger partial charge in [-0.1, -0.05) is 25.9 Å². The number of carbonyl (C=O) groups is 3. The van der Waals surface area contributed by atoms with Crippen LogP contribution < -0.4 is 5.73 Å². The van der Waals surface area contributed by atoms with Crippen molar-refractivity contribution < 1.29 is 38.6 Å². The molecule has 1 aliphatic carbocycles. The molecule has 0 aromatic rings. The van der Waals surface area contributed by atoms with Gasteiger partial charge in [0.25, 0.3) is 0 Å². The molecule has 12 heteroatoms. The van der Waals surface area contributed by atoms with Gasteiger partial charge < -0.3 is 29.9 Å². The molecule has 0 bridgehead atoms. The number of carboxylic acid groups (broad SMARTS) is 2. The van der Waals surface area contributed by atoms with Crippen molar-refractivity contribution in [3.8, 4) is 0 Å². The van der Waals surface area contributed by atoms with Gasteiger partial charge in [-0.2, -0.15) is 0 Å². The zero-order valence-electron chi connectivity index (χ0n) is 22.3. The number of nitrogens with two attached hydrogens (primary N) is 1. The second-order valence-electron chi connectivity index (χ2n) is 11.5. The van der Waals surface area contributed by atoms with E-state index >= 15 is 0 Å². The Labute approximate surface area is 208 Å². The molecule has 4 N–H and O–H groups in total. The van der Waals surface area contributed by atoms with Crippen LogP contribution in [-0.4, -0.2) is 72.1 Å². The number of amidine groups is 1. The molecule has 11 nitrogen and oxygen atoms in total. The van der Waals surface area contributed by atoms with E-state index in [1.54, 1.807) is 27.8 Å². The molecule has 0 spiro atoms. The van der Waals surface area contributed by atoms with Crippen molar-refractivity contribution in [1.29, 1.82) is 0 Å². The molecule has 0 aliphatic heterocycles. The number of likely N-dealkylation sites (N-methyl/N-ethyl adjacent to an activating group) is 1. The van der Waals surface area contributed by atoms with Crippen LogP contribution in [0.25, 0.3) is 0 Å². The first-order valence-corrected chi connectivity index (χ1v) is 14.4. The number of oxime groups is 1. The van der Waals surface area contributed by atoms with Gasteiger partial charge in [0.15, 0.2) is 14.2 Å². The van der Waals surface area contributed by atoms with Crippen molar-refractivity contribution >= 4 is 32.2 Å². The van der Waals surface area contributed by atoms with Crippen LogP contribution in [0.5, 0.6) is 0 Å². The summed E-state index contributed by atoms with van der Waals surface area (Å²) in [5.74, 6) is -4.15. The first-order chi connectivity index (χ1) is 15.7. The average Bonchev–Trinajstić information content (AvgIpc) is 3.11. The van der Waals surface area contributed by atoms with Gasteiger partial charge >= 0.3 is 18.0 Å². The third-order valence-electron chi connectivity index (χ3n) is 6.57. The predicted molar refractivity (Wildman–Crippen MR) is 133 cm³/mol. The van der Waals surface area contributed by atoms with Crippen molar-refractivity contribution in [3.63, 3.8) is 0 Å². The molecule has 0 aromatic carbocycles. The molecule has 1 saturated carbocycles. The summed E-state index contributed by atoms with van der Waals surface area (Å²) in [5, 5.41) is 21.8. The Hall–Kier alpha value is -2.60. The highest BCUT2D eigenvalue weighted by Gasteiger charge is 2.50. The van der Waals surface area contributed by atoms with Crippen LogP contribution in [0.2, 0.25) is 18.1 Å². The van der Waals surface area contributed by atoms with Gasteiger partial charge in [0.05, 0.1) is 6.08 Å². The number of hydrogen-bond acceptors (Lipinski definition) is 7. The molecule has 0 aromatic heterocycles. The van der Waals surface area contributed by atoms with Gasteiger partial charge in [0, 0.05) is 13.7 Å². The van der Waals surface area contributed by atoms with E-state index < -0.39 is 43.2 Å². The summed E-state index contributed by atoms with van der Waals surface area (Å²) in [6.45, 7) is 16.5. The molecule has 1 aliphatic rings. The fourth-order valence-electron chi connectivity index (χ4n) is 3.45. The molecule has 1 amide bonds. The number of carbonyl (C=O) groups excluding carboxylic acids is 1. The number of aliphatic carboxylic acids is 2. The minimum atomic E-state index is -2.00. The quantitative estimate of drug-likeness (QED) is 0.104. The third-order valence-corrected chi connectivity index (χ3v) is 11.1. The van der Waals surface area contributed by atoms with Gasteiger partial charge in [-0.05, 0) is 64.1 Å². The summed E-state index contributed by atoms with van der Waals surface area (Å²) in [5.41, 5.74) is 4.41. The monoisotopic (exact) mass is 515 g/mol. The Kier molecular flexibility index (Phi) is 9.55. The van der Waals surface area contributed by atoms with Gasteiger partial charge in [0.2, 0.25) is 5.76 Å². The maximum Gasteiger partial charge on any atom is 0.410 e. The van der Waals surface area contributed by atoms with Gasteiger partial charge in [-0.3, -0.25) is 4.90 Å². The van der Waals surface area contributed by atoms with Crippen molar-refractivity contribution in [2.45, 2.75) is 90.1 Å². The zero-order valence-corrected chi connectivity index (χ0v) is 23.3. The molecule has 0 unspecified atom stereocenters. The largest absolute Gasteiger partial charge is 0.478 e. The number of nitrogens with zero attached hydrogens (tertiary/aromatic N) is 2. The lowest BCUT2D eigenvalue weighted by Crippen LogP contribution is -2.57. The lowest BCUT2D eigenvalue weighted by Gasteiger charge is -2.39. The van der Waals surface area contributed by atoms with E-state index in [0.717, 1.165) is 0 Å². The number of ether oxygens (including phenoxy) is 1. The molecule has 1 rings (SSSR count). The number of amides is 1. The van der Waals surface area contributed by atoms with Crippen LogP contribution in [0, 0.1) is 5.92 Å². The van der Waals surface area contributed by atoms with Crippen LogP contribution in [0.3, 0.4) is 0 Å². The summed E-state index contributed by atoms with van der Waals surface area (Å²) < 4.78 is 11.9. The lowest BCUT2D eigenvalue weighted by atomic mass is 9.93. The molecule has 35 heavy (non-hydrogen) atoms. The van der Waals surface area contributed by atoms with E-state index in [1.165, 1.54) is 4.90 Å². The SMILES string of the molecule is CN(C(=O)OC(C)(C)C)[C@@]1(C(N)=NOC(=CC(=O)O)C(=O)O)CC[C@@H](CO[Si](C)(C)C(C)(C)C)C1. The van der Waals surface area contributed by atoms with Gasteiger partial charge in [-0.15, -0.1) is 0 Å². The van der Waals surface area contributed by atoms with Gasteiger partial charge in [0.1, 0.15) is 11.1 Å². The molecular formula is C23H41N3O8Si. The van der Waals surface area contributed by atoms with Gasteiger partial charge in [-0.25, -0.2) is 14.4 Å². The van der Waals surface area contributed by atoms with E-state index in [4.69, 9.17) is 24.8 Å². The summed E-state index contributed by atoms with van der Waals surface area (Å²) in [4.78, 5) is 41.4. The van der Waals surface area contributed by atoms with Crippen LogP contribution >= 0.6 is 0 Å². The Bertz CT molecular complexity index is 873. The zero-order chi connectivity index (χ0) is 27.4. The average molecular weight is 516 g/mol. The maximum atomic E-state index is 12.9. The minimum absolute atomic E-state index is 0.0357. The first-order valence-electron chi connectivity index (χ1n) is 11.5. The molecule has 0 heterocycles. The molecule has 1 fully saturated rings. The normalized spacial score (nSPS) is 22.0.